The summed E-state index contributed by atoms with van der Waals surface area (Å²) in [5, 5.41) is 2.82. The summed E-state index contributed by atoms with van der Waals surface area (Å²) < 4.78 is 4.61. The predicted octanol–water partition coefficient (Wildman–Crippen LogP) is 2.50. The quantitative estimate of drug-likeness (QED) is 0.475. The molecule has 0 aromatic heterocycles. The molecule has 0 atom stereocenters. The maximum absolute atomic E-state index is 11.5. The van der Waals surface area contributed by atoms with Gasteiger partial charge in [0.15, 0.2) is 0 Å². The fourth-order valence-corrected chi connectivity index (χ4v) is 1.73. The molecule has 0 aliphatic heterocycles. The fourth-order valence-electron chi connectivity index (χ4n) is 1.55. The molecule has 0 aliphatic rings. The van der Waals surface area contributed by atoms with Crippen LogP contribution in [-0.2, 0) is 16.1 Å². The van der Waals surface area contributed by atoms with Crippen LogP contribution in [0.5, 0.6) is 0 Å². The number of unbranched alkanes of at least 4 members (excludes halogenated alkanes) is 1. The highest BCUT2D eigenvalue weighted by Crippen LogP contribution is 2.06. The Hall–Kier alpha value is -1.55. The molecule has 1 rings (SSSR count). The van der Waals surface area contributed by atoms with Crippen LogP contribution in [0, 0.1) is 0 Å². The van der Waals surface area contributed by atoms with Crippen molar-refractivity contribution < 1.29 is 14.3 Å². The first-order chi connectivity index (χ1) is 9.17. The van der Waals surface area contributed by atoms with E-state index in [4.69, 9.17) is 11.6 Å². The van der Waals surface area contributed by atoms with E-state index in [0.717, 1.165) is 18.4 Å². The van der Waals surface area contributed by atoms with Gasteiger partial charge in [-0.05, 0) is 30.5 Å². The second kappa shape index (κ2) is 8.53. The lowest BCUT2D eigenvalue weighted by Crippen LogP contribution is -2.22. The van der Waals surface area contributed by atoms with E-state index in [0.29, 0.717) is 24.4 Å². The van der Waals surface area contributed by atoms with Crippen LogP contribution in [0.25, 0.3) is 0 Å². The molecular formula is C14H18ClNO3. The largest absolute Gasteiger partial charge is 0.465 e. The Bertz CT molecular complexity index is 417. The SMILES string of the molecule is COC(=O)c1ccc(CNC(=O)CCCCCl)cc1. The van der Waals surface area contributed by atoms with Gasteiger partial charge in [0.1, 0.15) is 0 Å². The second-order valence-corrected chi connectivity index (χ2v) is 4.49. The first-order valence-electron chi connectivity index (χ1n) is 6.17. The summed E-state index contributed by atoms with van der Waals surface area (Å²) in [5.74, 6) is 0.237. The number of carbonyl (C=O) groups excluding carboxylic acids is 2. The molecule has 0 saturated heterocycles. The summed E-state index contributed by atoms with van der Waals surface area (Å²) in [5.41, 5.74) is 1.44. The number of carbonyl (C=O) groups is 2. The van der Waals surface area contributed by atoms with Gasteiger partial charge in [0.05, 0.1) is 12.7 Å². The number of nitrogens with one attached hydrogen (secondary N) is 1. The lowest BCUT2D eigenvalue weighted by atomic mass is 10.1. The van der Waals surface area contributed by atoms with E-state index in [2.05, 4.69) is 10.1 Å². The molecule has 19 heavy (non-hydrogen) atoms. The zero-order valence-electron chi connectivity index (χ0n) is 10.9. The van der Waals surface area contributed by atoms with Crippen LogP contribution in [0.1, 0.15) is 35.2 Å². The average Bonchev–Trinajstić information content (AvgIpc) is 2.45. The van der Waals surface area contributed by atoms with E-state index >= 15 is 0 Å². The van der Waals surface area contributed by atoms with Gasteiger partial charge < -0.3 is 10.1 Å². The highest BCUT2D eigenvalue weighted by molar-refractivity contribution is 6.17. The smallest absolute Gasteiger partial charge is 0.337 e. The highest BCUT2D eigenvalue weighted by Gasteiger charge is 2.05. The number of ether oxygens (including phenoxy) is 1. The molecular weight excluding hydrogens is 266 g/mol. The number of methoxy groups -OCH3 is 1. The molecule has 0 heterocycles. The normalized spacial score (nSPS) is 10.0. The van der Waals surface area contributed by atoms with Crippen molar-refractivity contribution in [2.45, 2.75) is 25.8 Å². The van der Waals surface area contributed by atoms with Gasteiger partial charge in [-0.2, -0.15) is 0 Å². The van der Waals surface area contributed by atoms with Crippen LogP contribution in [0.15, 0.2) is 24.3 Å². The van der Waals surface area contributed by atoms with Crippen molar-refractivity contribution in [3.05, 3.63) is 35.4 Å². The Kier molecular flexibility index (Phi) is 6.97. The molecule has 104 valence electrons. The lowest BCUT2D eigenvalue weighted by Gasteiger charge is -2.06. The van der Waals surface area contributed by atoms with E-state index in [1.807, 2.05) is 0 Å². The zero-order valence-corrected chi connectivity index (χ0v) is 11.7. The van der Waals surface area contributed by atoms with Crippen molar-refractivity contribution in [1.29, 1.82) is 0 Å². The van der Waals surface area contributed by atoms with Crippen LogP contribution < -0.4 is 5.32 Å². The summed E-state index contributed by atoms with van der Waals surface area (Å²) in [6.45, 7) is 0.459. The molecule has 1 aromatic carbocycles. The Morgan fingerprint density at radius 1 is 1.21 bits per heavy atom. The third kappa shape index (κ3) is 5.75. The number of amides is 1. The summed E-state index contributed by atoms with van der Waals surface area (Å²) in [7, 11) is 1.34. The van der Waals surface area contributed by atoms with E-state index < -0.39 is 0 Å². The first-order valence-corrected chi connectivity index (χ1v) is 6.70. The topological polar surface area (TPSA) is 55.4 Å². The van der Waals surface area contributed by atoms with Crippen LogP contribution >= 0.6 is 11.6 Å². The third-order valence-corrected chi connectivity index (χ3v) is 2.92. The molecule has 0 radical (unpaired) electrons. The zero-order chi connectivity index (χ0) is 14.1. The Balaban J connectivity index is 2.37. The van der Waals surface area contributed by atoms with Gasteiger partial charge in [0.25, 0.3) is 0 Å². The van der Waals surface area contributed by atoms with E-state index in [1.54, 1.807) is 24.3 Å². The summed E-state index contributed by atoms with van der Waals surface area (Å²) in [6, 6.07) is 6.96. The molecule has 0 fully saturated rings. The molecule has 4 nitrogen and oxygen atoms in total. The van der Waals surface area contributed by atoms with E-state index in [9.17, 15) is 9.59 Å². The minimum absolute atomic E-state index is 0.0159. The number of alkyl halides is 1. The maximum atomic E-state index is 11.5. The molecule has 5 heteroatoms. The molecule has 1 aromatic rings. The fraction of sp³-hybridized carbons (Fsp3) is 0.429. The van der Waals surface area contributed by atoms with E-state index in [1.165, 1.54) is 7.11 Å². The van der Waals surface area contributed by atoms with E-state index in [-0.39, 0.29) is 11.9 Å². The van der Waals surface area contributed by atoms with Gasteiger partial charge in [-0.25, -0.2) is 4.79 Å². The Morgan fingerprint density at radius 2 is 1.89 bits per heavy atom. The van der Waals surface area contributed by atoms with Crippen LogP contribution in [0.4, 0.5) is 0 Å². The monoisotopic (exact) mass is 283 g/mol. The van der Waals surface area contributed by atoms with Gasteiger partial charge in [-0.15, -0.1) is 11.6 Å². The van der Waals surface area contributed by atoms with Crippen LogP contribution in [0.3, 0.4) is 0 Å². The van der Waals surface area contributed by atoms with Crippen molar-refractivity contribution in [1.82, 2.24) is 5.32 Å². The van der Waals surface area contributed by atoms with Gasteiger partial charge in [-0.3, -0.25) is 4.79 Å². The summed E-state index contributed by atoms with van der Waals surface area (Å²) >= 11 is 5.54. The predicted molar refractivity (Wildman–Crippen MR) is 74.2 cm³/mol. The minimum atomic E-state index is -0.364. The summed E-state index contributed by atoms with van der Waals surface area (Å²) in [4.78, 5) is 22.7. The minimum Gasteiger partial charge on any atom is -0.465 e. The van der Waals surface area contributed by atoms with Crippen molar-refractivity contribution in [3.8, 4) is 0 Å². The molecule has 0 bridgehead atoms. The maximum Gasteiger partial charge on any atom is 0.337 e. The second-order valence-electron chi connectivity index (χ2n) is 4.11. The lowest BCUT2D eigenvalue weighted by molar-refractivity contribution is -0.121. The third-order valence-electron chi connectivity index (χ3n) is 2.65. The Labute approximate surface area is 118 Å². The number of halogens is 1. The number of benzene rings is 1. The highest BCUT2D eigenvalue weighted by atomic mass is 35.5. The van der Waals surface area contributed by atoms with Gasteiger partial charge in [0, 0.05) is 18.8 Å². The van der Waals surface area contributed by atoms with Crippen molar-refractivity contribution in [3.63, 3.8) is 0 Å². The molecule has 1 N–H and O–H groups in total. The summed E-state index contributed by atoms with van der Waals surface area (Å²) in [6.07, 6.45) is 2.15. The van der Waals surface area contributed by atoms with Gasteiger partial charge >= 0.3 is 5.97 Å². The van der Waals surface area contributed by atoms with Crippen LogP contribution in [0.2, 0.25) is 0 Å². The molecule has 0 unspecified atom stereocenters. The molecule has 0 spiro atoms. The molecule has 0 aliphatic carbocycles. The number of hydrogen-bond donors (Lipinski definition) is 1. The van der Waals surface area contributed by atoms with Crippen molar-refractivity contribution in [2.24, 2.45) is 0 Å². The van der Waals surface area contributed by atoms with Crippen molar-refractivity contribution >= 4 is 23.5 Å². The average molecular weight is 284 g/mol. The number of rotatable bonds is 7. The number of esters is 1. The standard InChI is InChI=1S/C14H18ClNO3/c1-19-14(18)12-7-5-11(6-8-12)10-16-13(17)4-2-3-9-15/h5-8H,2-4,9-10H2,1H3,(H,16,17). The first kappa shape index (κ1) is 15.5. The molecule has 1 amide bonds. The van der Waals surface area contributed by atoms with Gasteiger partial charge in [0.2, 0.25) is 5.91 Å². The van der Waals surface area contributed by atoms with Crippen LogP contribution in [-0.4, -0.2) is 24.9 Å². The van der Waals surface area contributed by atoms with Crippen molar-refractivity contribution in [2.75, 3.05) is 13.0 Å². The number of hydrogen-bond acceptors (Lipinski definition) is 3. The molecule has 0 saturated carbocycles. The van der Waals surface area contributed by atoms with Gasteiger partial charge in [-0.1, -0.05) is 12.1 Å². The Morgan fingerprint density at radius 3 is 2.47 bits per heavy atom.